The van der Waals surface area contributed by atoms with Crippen LogP contribution >= 0.6 is 22.7 Å². The van der Waals surface area contributed by atoms with Crippen LogP contribution < -0.4 is 25.6 Å². The van der Waals surface area contributed by atoms with Crippen molar-refractivity contribution >= 4 is 62.6 Å². The van der Waals surface area contributed by atoms with Crippen molar-refractivity contribution in [2.75, 3.05) is 49.5 Å². The Bertz CT molecular complexity index is 3230. The lowest BCUT2D eigenvalue weighted by Crippen LogP contribution is -2.59. The first kappa shape index (κ1) is 57.6. The standard InChI is InChI=1S/C58H72FN13O6S2/c1-36(2)65-44-29-45(46-18-17-41-26-38(30-60)31-64-72(41)46)61-33-43(44)53-67-68-56(80-53)70-23-21-69(22-24-70)49(74)14-12-10-8-7-9-11-13-25-78-48-27-39(50-37(3)63-35-79-50)15-16-40(48)32-62-52(75)47-28-42(73)34-71(47)54(76)51(57(4,5)6)66-55(77)58(59)19-20-58/h15-18,26-27,29,31,33,35-36,42,47,51,73H,7-14,19-25,28,32,34H2,1-6H3,(H,61,65)(H,62,75)(H,66,77)/t42-,47+,51-/m1/s1. The highest BCUT2D eigenvalue weighted by molar-refractivity contribution is 7.18. The van der Waals surface area contributed by atoms with Gasteiger partial charge in [0.25, 0.3) is 5.91 Å². The quantitative estimate of drug-likeness (QED) is 0.0441. The maximum Gasteiger partial charge on any atom is 0.258 e. The molecule has 0 bridgehead atoms. The van der Waals surface area contributed by atoms with Crippen LogP contribution in [0.3, 0.4) is 0 Å². The Morgan fingerprint density at radius 2 is 1.70 bits per heavy atom. The molecule has 0 spiro atoms. The molecule has 0 radical (unpaired) electrons. The van der Waals surface area contributed by atoms with E-state index in [0.29, 0.717) is 50.5 Å². The molecule has 424 valence electrons. The summed E-state index contributed by atoms with van der Waals surface area (Å²) >= 11 is 3.05. The summed E-state index contributed by atoms with van der Waals surface area (Å²) in [5, 5.41) is 44.3. The zero-order chi connectivity index (χ0) is 56.7. The van der Waals surface area contributed by atoms with E-state index >= 15 is 0 Å². The number of fused-ring (bicyclic) bond motifs is 1. The zero-order valence-electron chi connectivity index (χ0n) is 46.5. The third-order valence-electron chi connectivity index (χ3n) is 15.0. The van der Waals surface area contributed by atoms with Crippen LogP contribution in [0, 0.1) is 23.7 Å². The van der Waals surface area contributed by atoms with Gasteiger partial charge in [-0.25, -0.2) is 13.9 Å². The van der Waals surface area contributed by atoms with Gasteiger partial charge in [0.2, 0.25) is 22.9 Å². The number of nitrogens with one attached hydrogen (secondary N) is 3. The van der Waals surface area contributed by atoms with Gasteiger partial charge in [0.1, 0.15) is 23.9 Å². The van der Waals surface area contributed by atoms with Gasteiger partial charge in [-0.15, -0.1) is 21.5 Å². The first-order valence-corrected chi connectivity index (χ1v) is 29.5. The third kappa shape index (κ3) is 13.7. The number of aliphatic hydroxyl groups is 1. The van der Waals surface area contributed by atoms with Gasteiger partial charge >= 0.3 is 0 Å². The van der Waals surface area contributed by atoms with Crippen LogP contribution in [0.4, 0.5) is 15.2 Å². The molecule has 9 rings (SSSR count). The number of carbonyl (C=O) groups is 4. The van der Waals surface area contributed by atoms with Crippen molar-refractivity contribution in [2.24, 2.45) is 5.41 Å². The first-order chi connectivity index (χ1) is 38.4. The van der Waals surface area contributed by atoms with Crippen LogP contribution in [0.15, 0.2) is 60.4 Å². The number of aryl methyl sites for hydroxylation is 1. The lowest BCUT2D eigenvalue weighted by molar-refractivity contribution is -0.145. The van der Waals surface area contributed by atoms with Gasteiger partial charge in [0, 0.05) is 75.6 Å². The van der Waals surface area contributed by atoms with Crippen molar-refractivity contribution < 1.29 is 33.4 Å². The average molecular weight is 1130 g/mol. The summed E-state index contributed by atoms with van der Waals surface area (Å²) in [6.45, 7) is 14.6. The summed E-state index contributed by atoms with van der Waals surface area (Å²) in [6, 6.07) is 13.8. The molecule has 1 saturated carbocycles. The minimum absolute atomic E-state index is 0.0327. The Kier molecular flexibility index (Phi) is 18.1. The summed E-state index contributed by atoms with van der Waals surface area (Å²) in [5.41, 5.74) is 6.26. The fraction of sp³-hybridized carbons (Fsp3) is 0.517. The number of ether oxygens (including phenoxy) is 1. The van der Waals surface area contributed by atoms with E-state index < -0.39 is 47.0 Å². The Morgan fingerprint density at radius 3 is 2.40 bits per heavy atom. The van der Waals surface area contributed by atoms with Crippen LogP contribution in [0.2, 0.25) is 0 Å². The molecule has 7 heterocycles. The number of β-amino-alcohol motifs (C(OH)–C–C–N with tert-alkyl or cyclic N) is 1. The molecule has 1 aliphatic carbocycles. The van der Waals surface area contributed by atoms with Gasteiger partial charge in [-0.1, -0.05) is 76.3 Å². The topological polar surface area (TPSA) is 236 Å². The summed E-state index contributed by atoms with van der Waals surface area (Å²) in [7, 11) is 0. The molecule has 6 aromatic rings. The lowest BCUT2D eigenvalue weighted by atomic mass is 9.85. The molecular formula is C58H72FN13O6S2. The molecule has 3 atom stereocenters. The fourth-order valence-electron chi connectivity index (χ4n) is 10.2. The molecule has 3 aliphatic rings. The van der Waals surface area contributed by atoms with Gasteiger partial charge < -0.3 is 40.5 Å². The van der Waals surface area contributed by atoms with Crippen LogP contribution in [-0.2, 0) is 25.7 Å². The molecule has 2 saturated heterocycles. The summed E-state index contributed by atoms with van der Waals surface area (Å²) in [4.78, 5) is 69.5. The SMILES string of the molecule is Cc1ncsc1-c1ccc(CNC(=O)[C@@H]2C[C@@H](O)CN2C(=O)[C@@H](NC(=O)C2(F)CC2)C(C)(C)C)c(OCCCCCCCCCC(=O)N2CCN(c3nnc(-c4cnc(-c5ccc6cc(C#N)cnn56)cc4NC(C)C)s3)CC2)c1. The molecule has 19 nitrogen and oxygen atoms in total. The Labute approximate surface area is 474 Å². The number of nitriles is 1. The molecule has 4 N–H and O–H groups in total. The molecule has 3 fully saturated rings. The predicted molar refractivity (Wildman–Crippen MR) is 307 cm³/mol. The van der Waals surface area contributed by atoms with Crippen molar-refractivity contribution in [2.45, 2.75) is 149 Å². The second kappa shape index (κ2) is 25.1. The van der Waals surface area contributed by atoms with E-state index in [-0.39, 0.29) is 44.3 Å². The number of benzene rings is 1. The smallest absolute Gasteiger partial charge is 0.258 e. The number of piperazine rings is 1. The third-order valence-corrected chi connectivity index (χ3v) is 17.0. The molecule has 5 aromatic heterocycles. The molecule has 4 amide bonds. The molecule has 80 heavy (non-hydrogen) atoms. The normalized spacial score (nSPS) is 17.4. The van der Waals surface area contributed by atoms with Gasteiger partial charge in [-0.2, -0.15) is 10.4 Å². The number of hydrogen-bond donors (Lipinski definition) is 4. The zero-order valence-corrected chi connectivity index (χ0v) is 48.1. The monoisotopic (exact) mass is 1130 g/mol. The highest BCUT2D eigenvalue weighted by atomic mass is 32.1. The van der Waals surface area contributed by atoms with Gasteiger partial charge in [0.05, 0.1) is 63.0 Å². The van der Waals surface area contributed by atoms with Crippen molar-refractivity contribution in [3.8, 4) is 44.2 Å². The lowest BCUT2D eigenvalue weighted by Gasteiger charge is -2.35. The molecular weight excluding hydrogens is 1060 g/mol. The summed E-state index contributed by atoms with van der Waals surface area (Å²) in [6.07, 6.45) is 10.0. The Morgan fingerprint density at radius 1 is 0.950 bits per heavy atom. The Hall–Kier alpha value is -7.09. The maximum absolute atomic E-state index is 14.7. The van der Waals surface area contributed by atoms with Crippen molar-refractivity contribution in [1.29, 1.82) is 5.26 Å². The van der Waals surface area contributed by atoms with Crippen LogP contribution in [0.1, 0.15) is 122 Å². The van der Waals surface area contributed by atoms with Gasteiger partial charge in [-0.05, 0) is 87.8 Å². The van der Waals surface area contributed by atoms with Crippen molar-refractivity contribution in [1.82, 2.24) is 50.2 Å². The summed E-state index contributed by atoms with van der Waals surface area (Å²) < 4.78 is 22.9. The number of alkyl halides is 1. The predicted octanol–water partition coefficient (Wildman–Crippen LogP) is 8.50. The number of thiazole rings is 1. The van der Waals surface area contributed by atoms with Crippen LogP contribution in [0.5, 0.6) is 5.75 Å². The highest BCUT2D eigenvalue weighted by Crippen LogP contribution is 2.41. The highest BCUT2D eigenvalue weighted by Gasteiger charge is 2.53. The second-order valence-electron chi connectivity index (χ2n) is 22.6. The van der Waals surface area contributed by atoms with E-state index in [4.69, 9.17) is 9.72 Å². The minimum atomic E-state index is -1.97. The Balaban J connectivity index is 0.695. The van der Waals surface area contributed by atoms with Gasteiger partial charge in [-0.3, -0.25) is 24.2 Å². The number of aromatic nitrogens is 6. The van der Waals surface area contributed by atoms with Crippen molar-refractivity contribution in [3.05, 3.63) is 77.2 Å². The van der Waals surface area contributed by atoms with E-state index in [1.165, 1.54) is 16.2 Å². The second-order valence-corrected chi connectivity index (χ2v) is 24.4. The van der Waals surface area contributed by atoms with Gasteiger partial charge in [0.15, 0.2) is 10.7 Å². The number of amides is 4. The number of rotatable bonds is 23. The molecule has 0 unspecified atom stereocenters. The number of pyridine rings is 1. The van der Waals surface area contributed by atoms with Crippen LogP contribution in [-0.4, -0.2) is 138 Å². The molecule has 22 heteroatoms. The number of aliphatic hydroxyl groups excluding tert-OH is 1. The number of halogens is 1. The summed E-state index contributed by atoms with van der Waals surface area (Å²) in [5.74, 6) is -0.981. The van der Waals surface area contributed by atoms with E-state index in [9.17, 15) is 33.9 Å². The molecule has 1 aromatic carbocycles. The number of hydrogen-bond acceptors (Lipinski definition) is 16. The number of unbranched alkanes of at least 4 members (excludes halogenated alkanes) is 6. The van der Waals surface area contributed by atoms with E-state index in [1.54, 1.807) is 54.4 Å². The van der Waals surface area contributed by atoms with E-state index in [2.05, 4.69) is 61.0 Å². The van der Waals surface area contributed by atoms with Crippen molar-refractivity contribution in [3.63, 3.8) is 0 Å². The number of carbonyl (C=O) groups excluding carboxylic acids is 4. The van der Waals surface area contributed by atoms with E-state index in [1.807, 2.05) is 54.4 Å². The van der Waals surface area contributed by atoms with E-state index in [0.717, 1.165) is 105 Å². The largest absolute Gasteiger partial charge is 0.493 e. The number of likely N-dealkylation sites (tertiary alicyclic amines) is 1. The average Bonchev–Trinajstić information content (AvgIpc) is 3.93. The minimum Gasteiger partial charge on any atom is -0.493 e. The number of nitrogens with zero attached hydrogens (tertiary/aromatic N) is 10. The maximum atomic E-state index is 14.7. The number of anilines is 2. The molecule has 2 aliphatic heterocycles. The fourth-order valence-corrected chi connectivity index (χ4v) is 11.9. The van der Waals surface area contributed by atoms with Crippen LogP contribution in [0.25, 0.3) is 37.9 Å². The first-order valence-electron chi connectivity index (χ1n) is 27.8.